The average molecular weight is 209 g/mol. The molecule has 0 atom stereocenters. The lowest BCUT2D eigenvalue weighted by atomic mass is 10.1. The lowest BCUT2D eigenvalue weighted by Gasteiger charge is -2.23. The fraction of sp³-hybridized carbons (Fsp3) is 0.600. The highest BCUT2D eigenvalue weighted by molar-refractivity contribution is 5.55. The highest BCUT2D eigenvalue weighted by atomic mass is 15.1. The van der Waals surface area contributed by atoms with Crippen LogP contribution in [0.2, 0.25) is 0 Å². The second-order valence-corrected chi connectivity index (χ2v) is 4.49. The lowest BCUT2D eigenvalue weighted by molar-refractivity contribution is 0.627. The first kappa shape index (κ1) is 11.7. The Labute approximate surface area is 90.5 Å². The van der Waals surface area contributed by atoms with E-state index in [0.717, 1.165) is 11.4 Å². The standard InChI is InChI=1S/C10H19N5/c1-10(2,3)15-9-7(5-12-4)8(11)13-6-14-9/h6,12H,5H2,1-4H3,(H3,11,13,14,15). The molecule has 0 spiro atoms. The molecule has 0 aliphatic heterocycles. The molecular weight excluding hydrogens is 190 g/mol. The molecule has 0 amide bonds. The number of nitrogen functional groups attached to an aromatic ring is 1. The zero-order chi connectivity index (χ0) is 11.5. The van der Waals surface area contributed by atoms with E-state index < -0.39 is 0 Å². The molecule has 84 valence electrons. The van der Waals surface area contributed by atoms with Gasteiger partial charge in [0.1, 0.15) is 18.0 Å². The number of nitrogens with two attached hydrogens (primary N) is 1. The Balaban J connectivity index is 3.00. The van der Waals surface area contributed by atoms with E-state index in [1.54, 1.807) is 0 Å². The average Bonchev–Trinajstić information content (AvgIpc) is 2.08. The lowest BCUT2D eigenvalue weighted by Crippen LogP contribution is -2.28. The SMILES string of the molecule is CNCc1c(N)ncnc1NC(C)(C)C. The molecule has 5 nitrogen and oxygen atoms in total. The van der Waals surface area contributed by atoms with Gasteiger partial charge in [0.15, 0.2) is 0 Å². The van der Waals surface area contributed by atoms with E-state index >= 15 is 0 Å². The number of nitrogens with zero attached hydrogens (tertiary/aromatic N) is 2. The molecule has 0 fully saturated rings. The zero-order valence-corrected chi connectivity index (χ0v) is 9.76. The van der Waals surface area contributed by atoms with Crippen molar-refractivity contribution in [3.8, 4) is 0 Å². The highest BCUT2D eigenvalue weighted by Crippen LogP contribution is 2.20. The predicted molar refractivity (Wildman–Crippen MR) is 62.6 cm³/mol. The second-order valence-electron chi connectivity index (χ2n) is 4.49. The molecule has 0 radical (unpaired) electrons. The molecule has 1 rings (SSSR count). The Morgan fingerprint density at radius 3 is 2.53 bits per heavy atom. The smallest absolute Gasteiger partial charge is 0.136 e. The molecule has 0 aromatic carbocycles. The van der Waals surface area contributed by atoms with Gasteiger partial charge in [-0.05, 0) is 27.8 Å². The molecule has 1 aromatic rings. The van der Waals surface area contributed by atoms with Crippen LogP contribution in [0.4, 0.5) is 11.6 Å². The van der Waals surface area contributed by atoms with Crippen molar-refractivity contribution in [2.24, 2.45) is 0 Å². The summed E-state index contributed by atoms with van der Waals surface area (Å²) in [7, 11) is 1.87. The first-order valence-corrected chi connectivity index (χ1v) is 4.96. The summed E-state index contributed by atoms with van der Waals surface area (Å²) in [5, 5.41) is 6.36. The number of rotatable bonds is 3. The van der Waals surface area contributed by atoms with E-state index in [1.165, 1.54) is 6.33 Å². The molecule has 0 aliphatic carbocycles. The third-order valence-corrected chi connectivity index (χ3v) is 1.83. The molecule has 0 saturated carbocycles. The van der Waals surface area contributed by atoms with Crippen LogP contribution in [-0.4, -0.2) is 22.6 Å². The van der Waals surface area contributed by atoms with Gasteiger partial charge in [-0.1, -0.05) is 0 Å². The number of aromatic nitrogens is 2. The summed E-state index contributed by atoms with van der Waals surface area (Å²) in [5.74, 6) is 1.32. The Morgan fingerprint density at radius 1 is 1.33 bits per heavy atom. The van der Waals surface area contributed by atoms with Crippen molar-refractivity contribution in [3.63, 3.8) is 0 Å². The zero-order valence-electron chi connectivity index (χ0n) is 9.76. The predicted octanol–water partition coefficient (Wildman–Crippen LogP) is 0.989. The number of hydrogen-bond donors (Lipinski definition) is 3. The Bertz CT molecular complexity index is 329. The van der Waals surface area contributed by atoms with E-state index in [0.29, 0.717) is 12.4 Å². The van der Waals surface area contributed by atoms with Crippen LogP contribution in [0.3, 0.4) is 0 Å². The third kappa shape index (κ3) is 3.36. The van der Waals surface area contributed by atoms with Crippen LogP contribution in [0.15, 0.2) is 6.33 Å². The molecule has 0 bridgehead atoms. The molecule has 1 heterocycles. The summed E-state index contributed by atoms with van der Waals surface area (Å²) in [6.07, 6.45) is 1.47. The molecule has 15 heavy (non-hydrogen) atoms. The third-order valence-electron chi connectivity index (χ3n) is 1.83. The van der Waals surface area contributed by atoms with Crippen molar-refractivity contribution in [2.75, 3.05) is 18.1 Å². The van der Waals surface area contributed by atoms with Crippen molar-refractivity contribution in [1.29, 1.82) is 0 Å². The summed E-state index contributed by atoms with van der Waals surface area (Å²) in [4.78, 5) is 8.18. The monoisotopic (exact) mass is 209 g/mol. The van der Waals surface area contributed by atoms with Gasteiger partial charge in [-0.3, -0.25) is 0 Å². The van der Waals surface area contributed by atoms with Crippen molar-refractivity contribution in [1.82, 2.24) is 15.3 Å². The first-order valence-electron chi connectivity index (χ1n) is 4.96. The number of hydrogen-bond acceptors (Lipinski definition) is 5. The highest BCUT2D eigenvalue weighted by Gasteiger charge is 2.14. The maximum atomic E-state index is 5.80. The molecule has 5 heteroatoms. The van der Waals surface area contributed by atoms with Gasteiger partial charge in [-0.15, -0.1) is 0 Å². The number of nitrogens with one attached hydrogen (secondary N) is 2. The summed E-state index contributed by atoms with van der Waals surface area (Å²) < 4.78 is 0. The number of anilines is 2. The van der Waals surface area contributed by atoms with Crippen LogP contribution in [0.1, 0.15) is 26.3 Å². The normalized spacial score (nSPS) is 11.5. The van der Waals surface area contributed by atoms with Crippen molar-refractivity contribution in [3.05, 3.63) is 11.9 Å². The van der Waals surface area contributed by atoms with Crippen LogP contribution >= 0.6 is 0 Å². The molecule has 0 aliphatic rings. The van der Waals surface area contributed by atoms with Crippen LogP contribution in [-0.2, 0) is 6.54 Å². The molecule has 0 unspecified atom stereocenters. The minimum absolute atomic E-state index is 0.0384. The van der Waals surface area contributed by atoms with E-state index in [1.807, 2.05) is 7.05 Å². The van der Waals surface area contributed by atoms with Gasteiger partial charge in [0.2, 0.25) is 0 Å². The molecule has 4 N–H and O–H groups in total. The summed E-state index contributed by atoms with van der Waals surface area (Å²) in [6, 6.07) is 0. The van der Waals surface area contributed by atoms with Gasteiger partial charge in [0.25, 0.3) is 0 Å². The molecular formula is C10H19N5. The minimum Gasteiger partial charge on any atom is -0.383 e. The maximum Gasteiger partial charge on any atom is 0.136 e. The quantitative estimate of drug-likeness (QED) is 0.692. The minimum atomic E-state index is -0.0384. The van der Waals surface area contributed by atoms with E-state index in [9.17, 15) is 0 Å². The van der Waals surface area contributed by atoms with E-state index in [2.05, 4.69) is 41.4 Å². The molecule has 1 aromatic heterocycles. The first-order chi connectivity index (χ1) is 6.94. The summed E-state index contributed by atoms with van der Waals surface area (Å²) >= 11 is 0. The van der Waals surface area contributed by atoms with Crippen molar-refractivity contribution in [2.45, 2.75) is 32.9 Å². The topological polar surface area (TPSA) is 75.9 Å². The van der Waals surface area contributed by atoms with Crippen LogP contribution in [0.25, 0.3) is 0 Å². The Hall–Kier alpha value is -1.36. The Kier molecular flexibility index (Phi) is 3.47. The summed E-state index contributed by atoms with van der Waals surface area (Å²) in [5.41, 5.74) is 6.67. The van der Waals surface area contributed by atoms with Crippen LogP contribution in [0.5, 0.6) is 0 Å². The fourth-order valence-corrected chi connectivity index (χ4v) is 1.24. The van der Waals surface area contributed by atoms with E-state index in [-0.39, 0.29) is 5.54 Å². The van der Waals surface area contributed by atoms with Gasteiger partial charge in [-0.2, -0.15) is 0 Å². The van der Waals surface area contributed by atoms with Gasteiger partial charge < -0.3 is 16.4 Å². The van der Waals surface area contributed by atoms with E-state index in [4.69, 9.17) is 5.73 Å². The van der Waals surface area contributed by atoms with Gasteiger partial charge in [0, 0.05) is 12.1 Å². The van der Waals surface area contributed by atoms with Gasteiger partial charge in [0.05, 0.1) is 5.56 Å². The van der Waals surface area contributed by atoms with Gasteiger partial charge in [-0.25, -0.2) is 9.97 Å². The van der Waals surface area contributed by atoms with Crippen LogP contribution < -0.4 is 16.4 Å². The Morgan fingerprint density at radius 2 is 2.00 bits per heavy atom. The molecule has 0 saturated heterocycles. The largest absolute Gasteiger partial charge is 0.383 e. The second kappa shape index (κ2) is 4.44. The van der Waals surface area contributed by atoms with Crippen molar-refractivity contribution < 1.29 is 0 Å². The van der Waals surface area contributed by atoms with Crippen molar-refractivity contribution >= 4 is 11.6 Å². The van der Waals surface area contributed by atoms with Gasteiger partial charge >= 0.3 is 0 Å². The fourth-order valence-electron chi connectivity index (χ4n) is 1.24. The summed E-state index contributed by atoms with van der Waals surface area (Å²) in [6.45, 7) is 6.89. The maximum absolute atomic E-state index is 5.80. The van der Waals surface area contributed by atoms with Crippen LogP contribution in [0, 0.1) is 0 Å².